The van der Waals surface area contributed by atoms with Gasteiger partial charge in [0.15, 0.2) is 0 Å². The van der Waals surface area contributed by atoms with Crippen LogP contribution in [0.15, 0.2) is 4.99 Å². The minimum atomic E-state index is 0.489. The van der Waals surface area contributed by atoms with Crippen LogP contribution in [0.25, 0.3) is 0 Å². The average Bonchev–Trinajstić information content (AvgIpc) is 2.64. The van der Waals surface area contributed by atoms with Gasteiger partial charge in [-0.3, -0.25) is 4.99 Å². The third-order valence-electron chi connectivity index (χ3n) is 2.37. The minimum Gasteiger partial charge on any atom is -0.384 e. The fourth-order valence-electron chi connectivity index (χ4n) is 1.63. The van der Waals surface area contributed by atoms with Crippen LogP contribution in [0.3, 0.4) is 0 Å². The lowest BCUT2D eigenvalue weighted by Crippen LogP contribution is -2.32. The van der Waals surface area contributed by atoms with E-state index in [1.165, 1.54) is 25.7 Å². The number of rotatable bonds is 4. The van der Waals surface area contributed by atoms with Gasteiger partial charge in [0, 0.05) is 13.5 Å². The van der Waals surface area contributed by atoms with Crippen molar-refractivity contribution >= 4 is 5.84 Å². The van der Waals surface area contributed by atoms with Gasteiger partial charge in [-0.05, 0) is 12.8 Å². The summed E-state index contributed by atoms with van der Waals surface area (Å²) >= 11 is 0. The molecular formula is C9H19N3O. The summed E-state index contributed by atoms with van der Waals surface area (Å²) in [6.45, 7) is 0.676. The molecule has 3 N–H and O–H groups in total. The van der Waals surface area contributed by atoms with Crippen LogP contribution in [0.4, 0.5) is 0 Å². The van der Waals surface area contributed by atoms with E-state index in [0.717, 1.165) is 12.3 Å². The molecule has 4 nitrogen and oxygen atoms in total. The van der Waals surface area contributed by atoms with Crippen LogP contribution >= 0.6 is 0 Å². The Hall–Kier alpha value is -0.610. The van der Waals surface area contributed by atoms with Crippen LogP contribution in [-0.2, 0) is 4.74 Å². The second kappa shape index (κ2) is 5.94. The first-order valence-corrected chi connectivity index (χ1v) is 4.89. The van der Waals surface area contributed by atoms with E-state index in [9.17, 15) is 0 Å². The Morgan fingerprint density at radius 3 is 2.77 bits per heavy atom. The van der Waals surface area contributed by atoms with E-state index in [-0.39, 0.29) is 0 Å². The van der Waals surface area contributed by atoms with Gasteiger partial charge in [0.05, 0.1) is 12.6 Å². The molecule has 1 fully saturated rings. The van der Waals surface area contributed by atoms with Crippen LogP contribution in [-0.4, -0.2) is 25.6 Å². The van der Waals surface area contributed by atoms with Crippen LogP contribution in [0.1, 0.15) is 32.1 Å². The van der Waals surface area contributed by atoms with E-state index in [0.29, 0.717) is 12.6 Å². The Bertz CT molecular complexity index is 164. The quantitative estimate of drug-likeness (QED) is 0.295. The van der Waals surface area contributed by atoms with Gasteiger partial charge in [-0.1, -0.05) is 12.8 Å². The lowest BCUT2D eigenvalue weighted by molar-refractivity contribution is 0.206. The number of aliphatic imine (C=N–C) groups is 1. The molecule has 0 atom stereocenters. The van der Waals surface area contributed by atoms with E-state index >= 15 is 0 Å². The summed E-state index contributed by atoms with van der Waals surface area (Å²) in [5.41, 5.74) is 2.63. The van der Waals surface area contributed by atoms with Crippen LogP contribution in [0.2, 0.25) is 0 Å². The number of hydrogen-bond acceptors (Lipinski definition) is 3. The summed E-state index contributed by atoms with van der Waals surface area (Å²) in [6, 6.07) is 0.489. The summed E-state index contributed by atoms with van der Waals surface area (Å²) in [4.78, 5) is 4.53. The molecule has 0 heterocycles. The smallest absolute Gasteiger partial charge is 0.113 e. The molecule has 0 bridgehead atoms. The summed E-state index contributed by atoms with van der Waals surface area (Å²) in [6.07, 6.45) is 5.80. The van der Waals surface area contributed by atoms with Gasteiger partial charge in [-0.2, -0.15) is 0 Å². The van der Waals surface area contributed by atoms with Gasteiger partial charge in [-0.25, -0.2) is 5.84 Å². The van der Waals surface area contributed by atoms with Crippen molar-refractivity contribution in [1.82, 2.24) is 5.43 Å². The highest BCUT2D eigenvalue weighted by Crippen LogP contribution is 2.20. The van der Waals surface area contributed by atoms with Crippen molar-refractivity contribution in [3.05, 3.63) is 0 Å². The Morgan fingerprint density at radius 1 is 1.54 bits per heavy atom. The van der Waals surface area contributed by atoms with E-state index in [1.807, 2.05) is 0 Å². The molecule has 0 aliphatic heterocycles. The fourth-order valence-corrected chi connectivity index (χ4v) is 1.63. The van der Waals surface area contributed by atoms with E-state index in [2.05, 4.69) is 10.4 Å². The summed E-state index contributed by atoms with van der Waals surface area (Å²) < 4.78 is 4.96. The second-order valence-corrected chi connectivity index (χ2v) is 3.40. The molecule has 0 radical (unpaired) electrons. The second-order valence-electron chi connectivity index (χ2n) is 3.40. The molecular weight excluding hydrogens is 166 g/mol. The maximum absolute atomic E-state index is 5.36. The fraction of sp³-hybridized carbons (Fsp3) is 0.889. The number of nitrogens with two attached hydrogens (primary N) is 1. The normalized spacial score (nSPS) is 19.4. The molecule has 0 spiro atoms. The first kappa shape index (κ1) is 10.5. The maximum Gasteiger partial charge on any atom is 0.113 e. The Morgan fingerprint density at radius 2 is 2.23 bits per heavy atom. The first-order valence-electron chi connectivity index (χ1n) is 4.89. The molecule has 0 saturated heterocycles. The standard InChI is InChI=1S/C9H19N3O/c1-13-7-6-9(12-10)11-8-4-2-3-5-8/h8H,2-7,10H2,1H3,(H,11,12). The molecule has 0 aromatic carbocycles. The number of hydrogen-bond donors (Lipinski definition) is 2. The monoisotopic (exact) mass is 185 g/mol. The number of ether oxygens (including phenoxy) is 1. The van der Waals surface area contributed by atoms with Crippen molar-refractivity contribution in [3.63, 3.8) is 0 Å². The maximum atomic E-state index is 5.36. The lowest BCUT2D eigenvalue weighted by Gasteiger charge is -2.08. The zero-order valence-electron chi connectivity index (χ0n) is 8.25. The minimum absolute atomic E-state index is 0.489. The number of amidine groups is 1. The van der Waals surface area contributed by atoms with Gasteiger partial charge in [-0.15, -0.1) is 0 Å². The predicted molar refractivity (Wildman–Crippen MR) is 53.5 cm³/mol. The third kappa shape index (κ3) is 3.74. The van der Waals surface area contributed by atoms with Gasteiger partial charge in [0.2, 0.25) is 0 Å². The molecule has 1 aliphatic carbocycles. The number of nitrogens with zero attached hydrogens (tertiary/aromatic N) is 1. The average molecular weight is 185 g/mol. The summed E-state index contributed by atoms with van der Waals surface area (Å²) in [5.74, 6) is 6.22. The molecule has 0 aromatic heterocycles. The summed E-state index contributed by atoms with van der Waals surface area (Å²) in [7, 11) is 1.68. The lowest BCUT2D eigenvalue weighted by atomic mass is 10.2. The summed E-state index contributed by atoms with van der Waals surface area (Å²) in [5, 5.41) is 0. The highest BCUT2D eigenvalue weighted by molar-refractivity contribution is 5.81. The molecule has 1 rings (SSSR count). The SMILES string of the molecule is COCCC(=NC1CCCC1)NN. The molecule has 1 saturated carbocycles. The van der Waals surface area contributed by atoms with Crippen LogP contribution in [0, 0.1) is 0 Å². The zero-order valence-corrected chi connectivity index (χ0v) is 8.25. The third-order valence-corrected chi connectivity index (χ3v) is 2.37. The van der Waals surface area contributed by atoms with Crippen molar-refractivity contribution in [2.24, 2.45) is 10.8 Å². The molecule has 1 aliphatic rings. The van der Waals surface area contributed by atoms with Gasteiger partial charge in [0.25, 0.3) is 0 Å². The van der Waals surface area contributed by atoms with Gasteiger partial charge < -0.3 is 10.2 Å². The molecule has 4 heteroatoms. The molecule has 13 heavy (non-hydrogen) atoms. The molecule has 76 valence electrons. The predicted octanol–water partition coefficient (Wildman–Crippen LogP) is 0.827. The van der Waals surface area contributed by atoms with Crippen molar-refractivity contribution in [1.29, 1.82) is 0 Å². The Labute approximate surface area is 79.5 Å². The number of hydrazine groups is 1. The zero-order chi connectivity index (χ0) is 9.52. The molecule has 0 unspecified atom stereocenters. The van der Waals surface area contributed by atoms with Crippen LogP contribution < -0.4 is 11.3 Å². The number of methoxy groups -OCH3 is 1. The Kier molecular flexibility index (Phi) is 4.78. The topological polar surface area (TPSA) is 59.6 Å². The van der Waals surface area contributed by atoms with Crippen molar-refractivity contribution in [2.45, 2.75) is 38.1 Å². The largest absolute Gasteiger partial charge is 0.384 e. The van der Waals surface area contributed by atoms with Crippen molar-refractivity contribution in [3.8, 4) is 0 Å². The number of nitrogens with one attached hydrogen (secondary N) is 1. The van der Waals surface area contributed by atoms with E-state index in [4.69, 9.17) is 10.6 Å². The van der Waals surface area contributed by atoms with E-state index in [1.54, 1.807) is 7.11 Å². The van der Waals surface area contributed by atoms with Gasteiger partial charge in [0.1, 0.15) is 5.84 Å². The van der Waals surface area contributed by atoms with Crippen molar-refractivity contribution in [2.75, 3.05) is 13.7 Å². The molecule has 0 aromatic rings. The molecule has 0 amide bonds. The Balaban J connectivity index is 2.33. The van der Waals surface area contributed by atoms with Crippen molar-refractivity contribution < 1.29 is 4.74 Å². The van der Waals surface area contributed by atoms with E-state index < -0.39 is 0 Å². The first-order chi connectivity index (χ1) is 6.36. The highest BCUT2D eigenvalue weighted by atomic mass is 16.5. The van der Waals surface area contributed by atoms with Crippen LogP contribution in [0.5, 0.6) is 0 Å². The van der Waals surface area contributed by atoms with Gasteiger partial charge >= 0.3 is 0 Å². The highest BCUT2D eigenvalue weighted by Gasteiger charge is 2.14.